The second kappa shape index (κ2) is 12.3. The molecule has 40 heavy (non-hydrogen) atoms. The van der Waals surface area contributed by atoms with E-state index in [1.165, 1.54) is 4.90 Å². The Morgan fingerprint density at radius 3 is 2.55 bits per heavy atom. The first kappa shape index (κ1) is 30.0. The number of hydrogen-bond donors (Lipinski definition) is 1. The summed E-state index contributed by atoms with van der Waals surface area (Å²) in [6.07, 6.45) is 7.28. The summed E-state index contributed by atoms with van der Waals surface area (Å²) in [5.74, 6) is -2.71. The molecule has 1 spiro atoms. The van der Waals surface area contributed by atoms with E-state index >= 15 is 0 Å². The molecule has 3 fully saturated rings. The number of aliphatic hydroxyl groups excluding tert-OH is 1. The van der Waals surface area contributed by atoms with Gasteiger partial charge in [0.2, 0.25) is 11.8 Å². The number of hydrogen-bond acceptors (Lipinski definition) is 6. The van der Waals surface area contributed by atoms with Crippen LogP contribution in [-0.4, -0.2) is 81.8 Å². The van der Waals surface area contributed by atoms with E-state index in [1.54, 1.807) is 11.0 Å². The monoisotopic (exact) mass is 552 g/mol. The zero-order valence-electron chi connectivity index (χ0n) is 24.1. The lowest BCUT2D eigenvalue weighted by Gasteiger charge is -2.40. The van der Waals surface area contributed by atoms with Crippen LogP contribution in [0.4, 0.5) is 0 Å². The minimum Gasteiger partial charge on any atom is -0.465 e. The Balaban J connectivity index is 1.73. The van der Waals surface area contributed by atoms with Gasteiger partial charge in [-0.25, -0.2) is 0 Å². The second-order valence-electron chi connectivity index (χ2n) is 11.8. The van der Waals surface area contributed by atoms with Crippen LogP contribution in [0.15, 0.2) is 55.6 Å². The molecule has 2 bridgehead atoms. The predicted octanol–water partition coefficient (Wildman–Crippen LogP) is 3.68. The fourth-order valence-corrected chi connectivity index (χ4v) is 7.04. The zero-order valence-corrected chi connectivity index (χ0v) is 24.1. The lowest BCUT2D eigenvalue weighted by atomic mass is 9.66. The van der Waals surface area contributed by atoms with Crippen LogP contribution >= 0.6 is 0 Å². The fraction of sp³-hybridized carbons (Fsp3) is 0.594. The van der Waals surface area contributed by atoms with E-state index < -0.39 is 41.1 Å². The van der Waals surface area contributed by atoms with E-state index in [0.29, 0.717) is 32.2 Å². The molecule has 2 amide bonds. The topological polar surface area (TPSA) is 96.4 Å². The number of allylic oxidation sites excluding steroid dienone is 1. The Morgan fingerprint density at radius 1 is 1.20 bits per heavy atom. The Kier molecular flexibility index (Phi) is 9.20. The molecule has 3 aliphatic rings. The maximum atomic E-state index is 14.4. The summed E-state index contributed by atoms with van der Waals surface area (Å²) in [5.41, 5.74) is -1.14. The fourth-order valence-electron chi connectivity index (χ4n) is 7.04. The number of unbranched alkanes of at least 4 members (excludes halogenated alkanes) is 2. The number of fused-ring (bicyclic) bond motifs is 1. The minimum atomic E-state index is -1.17. The van der Waals surface area contributed by atoms with Crippen molar-refractivity contribution in [1.29, 1.82) is 0 Å². The predicted molar refractivity (Wildman–Crippen MR) is 152 cm³/mol. The number of carbonyl (C=O) groups excluding carboxylic acids is 3. The van der Waals surface area contributed by atoms with Gasteiger partial charge in [0.1, 0.15) is 17.6 Å². The van der Waals surface area contributed by atoms with E-state index in [1.807, 2.05) is 57.2 Å². The third-order valence-corrected chi connectivity index (χ3v) is 8.90. The van der Waals surface area contributed by atoms with Gasteiger partial charge >= 0.3 is 5.97 Å². The zero-order chi connectivity index (χ0) is 29.1. The van der Waals surface area contributed by atoms with Gasteiger partial charge in [0.25, 0.3) is 0 Å². The van der Waals surface area contributed by atoms with E-state index in [2.05, 4.69) is 13.2 Å². The first-order valence-corrected chi connectivity index (χ1v) is 14.5. The number of amides is 2. The summed E-state index contributed by atoms with van der Waals surface area (Å²) in [4.78, 5) is 45.6. The number of nitrogens with zero attached hydrogens (tertiary/aromatic N) is 2. The van der Waals surface area contributed by atoms with Crippen molar-refractivity contribution in [1.82, 2.24) is 9.80 Å². The Labute approximate surface area is 238 Å². The van der Waals surface area contributed by atoms with E-state index in [-0.39, 0.29) is 31.1 Å². The lowest BCUT2D eigenvalue weighted by Crippen LogP contribution is -2.60. The van der Waals surface area contributed by atoms with Gasteiger partial charge in [-0.1, -0.05) is 42.5 Å². The maximum Gasteiger partial charge on any atom is 0.312 e. The highest BCUT2D eigenvalue weighted by atomic mass is 16.6. The maximum absolute atomic E-state index is 14.4. The van der Waals surface area contributed by atoms with Gasteiger partial charge in [0.05, 0.1) is 30.8 Å². The van der Waals surface area contributed by atoms with Crippen molar-refractivity contribution in [2.24, 2.45) is 11.8 Å². The SMILES string of the molecule is C=CCCCCOC(=O)[C@@H]1[C@H]2C(=O)N([C@@H](CO)Cc3ccccc3)C(C(=O)N(CC=C)C(C)C)C23CC[C@@]1(C)O3. The van der Waals surface area contributed by atoms with E-state index in [9.17, 15) is 19.5 Å². The number of benzene rings is 1. The largest absolute Gasteiger partial charge is 0.465 e. The van der Waals surface area contributed by atoms with Crippen molar-refractivity contribution < 1.29 is 29.0 Å². The van der Waals surface area contributed by atoms with Crippen molar-refractivity contribution >= 4 is 17.8 Å². The van der Waals surface area contributed by atoms with Gasteiger partial charge in [-0.15, -0.1) is 13.2 Å². The molecular formula is C32H44N2O6. The molecule has 1 aromatic carbocycles. The molecule has 8 nitrogen and oxygen atoms in total. The van der Waals surface area contributed by atoms with Crippen LogP contribution in [0.25, 0.3) is 0 Å². The summed E-state index contributed by atoms with van der Waals surface area (Å²) >= 11 is 0. The van der Waals surface area contributed by atoms with Crippen molar-refractivity contribution in [3.8, 4) is 0 Å². The molecule has 0 aliphatic carbocycles. The Morgan fingerprint density at radius 2 is 1.93 bits per heavy atom. The van der Waals surface area contributed by atoms with Crippen LogP contribution in [0, 0.1) is 11.8 Å². The highest BCUT2D eigenvalue weighted by Crippen LogP contribution is 2.63. The average Bonchev–Trinajstić information content (AvgIpc) is 3.51. The van der Waals surface area contributed by atoms with E-state index in [4.69, 9.17) is 9.47 Å². The first-order valence-electron chi connectivity index (χ1n) is 14.5. The Hall–Kier alpha value is -2.97. The number of esters is 1. The van der Waals surface area contributed by atoms with Gasteiger partial charge in [-0.2, -0.15) is 0 Å². The van der Waals surface area contributed by atoms with Crippen LogP contribution in [0.2, 0.25) is 0 Å². The van der Waals surface area contributed by atoms with Crippen LogP contribution in [0.1, 0.15) is 58.4 Å². The molecule has 4 rings (SSSR count). The lowest BCUT2D eigenvalue weighted by molar-refractivity contribution is -0.162. The highest BCUT2D eigenvalue weighted by molar-refractivity contribution is 5.98. The summed E-state index contributed by atoms with van der Waals surface area (Å²) in [6, 6.07) is 7.81. The average molecular weight is 553 g/mol. The molecule has 3 saturated heterocycles. The molecule has 6 atom stereocenters. The molecule has 1 aromatic rings. The third-order valence-electron chi connectivity index (χ3n) is 8.90. The molecular weight excluding hydrogens is 508 g/mol. The van der Waals surface area contributed by atoms with Gasteiger partial charge in [-0.3, -0.25) is 14.4 Å². The number of ether oxygens (including phenoxy) is 2. The molecule has 8 heteroatoms. The van der Waals surface area contributed by atoms with Crippen molar-refractivity contribution in [3.63, 3.8) is 0 Å². The normalized spacial score (nSPS) is 29.4. The summed E-state index contributed by atoms with van der Waals surface area (Å²) < 4.78 is 12.4. The Bertz CT molecular complexity index is 1110. The van der Waals surface area contributed by atoms with Crippen LogP contribution in [0.3, 0.4) is 0 Å². The molecule has 0 radical (unpaired) electrons. The smallest absolute Gasteiger partial charge is 0.312 e. The van der Waals surface area contributed by atoms with Gasteiger partial charge in [-0.05, 0) is 64.9 Å². The molecule has 0 aromatic heterocycles. The van der Waals surface area contributed by atoms with Crippen LogP contribution in [0.5, 0.6) is 0 Å². The van der Waals surface area contributed by atoms with Gasteiger partial charge < -0.3 is 24.4 Å². The summed E-state index contributed by atoms with van der Waals surface area (Å²) in [6.45, 7) is 13.5. The van der Waals surface area contributed by atoms with E-state index in [0.717, 1.165) is 18.4 Å². The summed E-state index contributed by atoms with van der Waals surface area (Å²) in [5, 5.41) is 10.6. The van der Waals surface area contributed by atoms with Crippen molar-refractivity contribution in [2.75, 3.05) is 19.8 Å². The number of aliphatic hydroxyl groups is 1. The van der Waals surface area contributed by atoms with Gasteiger partial charge in [0.15, 0.2) is 0 Å². The highest BCUT2D eigenvalue weighted by Gasteiger charge is 2.79. The second-order valence-corrected chi connectivity index (χ2v) is 11.8. The van der Waals surface area contributed by atoms with Crippen LogP contribution in [-0.2, 0) is 30.3 Å². The molecule has 0 saturated carbocycles. The molecule has 218 valence electrons. The summed E-state index contributed by atoms with van der Waals surface area (Å²) in [7, 11) is 0. The molecule has 3 aliphatic heterocycles. The van der Waals surface area contributed by atoms with Gasteiger partial charge in [0, 0.05) is 12.6 Å². The minimum absolute atomic E-state index is 0.148. The van der Waals surface area contributed by atoms with Crippen LogP contribution < -0.4 is 0 Å². The molecule has 3 heterocycles. The first-order chi connectivity index (χ1) is 19.1. The number of likely N-dealkylation sites (tertiary alicyclic amines) is 1. The standard InChI is InChI=1S/C32H44N2O6/c1-6-8-9-13-19-39-30(38)26-25-28(36)34(24(21-35)20-23-14-11-10-12-15-23)27(29(37)33(18-7-2)22(3)4)32(25)17-16-31(26,5)40-32/h6-7,10-12,14-15,22,24-27,35H,1-2,8-9,13,16-21H2,3-5H3/t24-,25+,26+,27?,31-,32?/m1/s1. The molecule has 2 unspecified atom stereocenters. The van der Waals surface area contributed by atoms with Crippen molar-refractivity contribution in [3.05, 3.63) is 61.2 Å². The third kappa shape index (κ3) is 5.23. The molecule has 1 N–H and O–H groups in total. The van der Waals surface area contributed by atoms with Crippen molar-refractivity contribution in [2.45, 2.75) is 88.6 Å². The number of carbonyl (C=O) groups is 3. The quantitative estimate of drug-likeness (QED) is 0.215. The number of rotatable bonds is 14.